The summed E-state index contributed by atoms with van der Waals surface area (Å²) in [5.41, 5.74) is 0.622. The number of hydrogen-bond acceptors (Lipinski definition) is 4. The normalized spacial score (nSPS) is 10.6. The minimum Gasteiger partial charge on any atom is -0.487 e. The van der Waals surface area contributed by atoms with Crippen LogP contribution in [0, 0.1) is 0 Å². The van der Waals surface area contributed by atoms with E-state index in [0.717, 1.165) is 11.4 Å². The maximum Gasteiger partial charge on any atom is 0.333 e. The number of nitrogens with one attached hydrogen (secondary N) is 2. The Kier molecular flexibility index (Phi) is 9.90. The Morgan fingerprint density at radius 2 is 0.926 bits per heavy atom. The van der Waals surface area contributed by atoms with Crippen LogP contribution in [0.15, 0.2) is 48.5 Å². The molecule has 0 heterocycles. The molecular weight excluding hydrogens is 388 g/mol. The number of rotatable bonds is 2. The van der Waals surface area contributed by atoms with Crippen molar-refractivity contribution in [3.05, 3.63) is 48.5 Å². The molecule has 152 valence electrons. The summed E-state index contributed by atoms with van der Waals surface area (Å²) in [6.07, 6.45) is -0.836. The molecule has 0 radical (unpaired) electrons. The molecule has 0 fully saturated rings. The molecule has 0 bridgehead atoms. The van der Waals surface area contributed by atoms with Crippen LogP contribution in [0.25, 0.3) is 0 Å². The van der Waals surface area contributed by atoms with Crippen LogP contribution in [0.4, 0.5) is 21.0 Å². The molecule has 7 heteroatoms. The van der Waals surface area contributed by atoms with Gasteiger partial charge in [0.25, 0.3) is 0 Å². The SMILES string of the molecule is CC(C)(C)OC(=O)N[c-]1cccc1.CC(C)(C)OC(=O)N[c-]1cccc1.[Fe]. The summed E-state index contributed by atoms with van der Waals surface area (Å²) >= 11 is 0. The number of amides is 2. The van der Waals surface area contributed by atoms with Gasteiger partial charge in [0.15, 0.2) is 0 Å². The van der Waals surface area contributed by atoms with E-state index in [4.69, 9.17) is 9.47 Å². The first-order chi connectivity index (χ1) is 11.9. The molecule has 2 rings (SSSR count). The van der Waals surface area contributed by atoms with Crippen molar-refractivity contribution in [3.63, 3.8) is 0 Å². The van der Waals surface area contributed by atoms with Crippen LogP contribution in [-0.2, 0) is 26.5 Å². The maximum atomic E-state index is 11.2. The van der Waals surface area contributed by atoms with Gasteiger partial charge in [0.1, 0.15) is 0 Å². The summed E-state index contributed by atoms with van der Waals surface area (Å²) in [5.74, 6) is 0. The maximum absolute atomic E-state index is 11.2. The van der Waals surface area contributed by atoms with Crippen molar-refractivity contribution in [1.29, 1.82) is 0 Å². The molecule has 0 spiro atoms. The number of carbonyl (C=O) groups excluding carboxylic acids is 2. The Labute approximate surface area is 171 Å². The van der Waals surface area contributed by atoms with Crippen molar-refractivity contribution in [3.8, 4) is 0 Å². The van der Waals surface area contributed by atoms with E-state index in [2.05, 4.69) is 10.6 Å². The predicted molar refractivity (Wildman–Crippen MR) is 104 cm³/mol. The van der Waals surface area contributed by atoms with Gasteiger partial charge >= 0.3 is 12.2 Å². The van der Waals surface area contributed by atoms with E-state index in [-0.39, 0.29) is 17.1 Å². The topological polar surface area (TPSA) is 76.7 Å². The molecule has 27 heavy (non-hydrogen) atoms. The van der Waals surface area contributed by atoms with Crippen LogP contribution in [0.2, 0.25) is 0 Å². The fourth-order valence-electron chi connectivity index (χ4n) is 1.76. The number of hydrogen-bond donors (Lipinski definition) is 2. The van der Waals surface area contributed by atoms with Gasteiger partial charge in [-0.3, -0.25) is 9.59 Å². The van der Waals surface area contributed by atoms with Crippen molar-refractivity contribution < 1.29 is 36.1 Å². The summed E-state index contributed by atoms with van der Waals surface area (Å²) in [6, 6.07) is 14.7. The monoisotopic (exact) mass is 416 g/mol. The zero-order valence-electron chi connectivity index (χ0n) is 16.6. The predicted octanol–water partition coefficient (Wildman–Crippen LogP) is 5.50. The van der Waals surface area contributed by atoms with E-state index in [1.807, 2.05) is 90.1 Å². The van der Waals surface area contributed by atoms with Gasteiger partial charge in [-0.15, -0.1) is 24.3 Å². The summed E-state index contributed by atoms with van der Waals surface area (Å²) in [5, 5.41) is 5.23. The van der Waals surface area contributed by atoms with E-state index in [1.165, 1.54) is 0 Å². The molecule has 0 unspecified atom stereocenters. The van der Waals surface area contributed by atoms with E-state index >= 15 is 0 Å². The molecule has 2 aromatic carbocycles. The second-order valence-corrected chi connectivity index (χ2v) is 7.60. The zero-order chi connectivity index (χ0) is 19.8. The molecule has 0 aliphatic rings. The fraction of sp³-hybridized carbons (Fsp3) is 0.400. The van der Waals surface area contributed by atoms with E-state index in [0.29, 0.717) is 0 Å². The molecule has 0 saturated heterocycles. The van der Waals surface area contributed by atoms with Crippen molar-refractivity contribution in [2.24, 2.45) is 0 Å². The van der Waals surface area contributed by atoms with Crippen LogP contribution < -0.4 is 10.6 Å². The quantitative estimate of drug-likeness (QED) is 0.501. The van der Waals surface area contributed by atoms with Crippen molar-refractivity contribution in [2.45, 2.75) is 52.7 Å². The van der Waals surface area contributed by atoms with E-state index in [1.54, 1.807) is 0 Å². The largest absolute Gasteiger partial charge is 0.487 e. The first kappa shape index (κ1) is 24.8. The van der Waals surface area contributed by atoms with Crippen molar-refractivity contribution in [1.82, 2.24) is 0 Å². The van der Waals surface area contributed by atoms with Crippen LogP contribution >= 0.6 is 0 Å². The van der Waals surface area contributed by atoms with Crippen LogP contribution in [0.1, 0.15) is 41.5 Å². The molecule has 0 aromatic heterocycles. The Bertz CT molecular complexity index is 606. The summed E-state index contributed by atoms with van der Waals surface area (Å²) in [7, 11) is 0. The van der Waals surface area contributed by atoms with Gasteiger partial charge in [0, 0.05) is 17.1 Å². The Hall–Kier alpha value is -2.24. The van der Waals surface area contributed by atoms with E-state index in [9.17, 15) is 9.59 Å². The molecule has 0 aliphatic heterocycles. The molecule has 0 atom stereocenters. The number of ether oxygens (including phenoxy) is 2. The van der Waals surface area contributed by atoms with Crippen molar-refractivity contribution in [2.75, 3.05) is 10.6 Å². The Morgan fingerprint density at radius 3 is 1.15 bits per heavy atom. The average Bonchev–Trinajstić information content (AvgIpc) is 3.08. The third kappa shape index (κ3) is 12.7. The first-order valence-electron chi connectivity index (χ1n) is 8.38. The van der Waals surface area contributed by atoms with Gasteiger partial charge in [-0.2, -0.15) is 24.3 Å². The standard InChI is InChI=1S/2C10H14NO2.Fe/c2*1-10(2,3)13-9(12)11-8-6-4-5-7-8;/h2*4-7H,1-3H3,(H,11,12);/q2*-1;. The Balaban J connectivity index is 0.000000483. The third-order valence-corrected chi connectivity index (χ3v) is 2.62. The van der Waals surface area contributed by atoms with Gasteiger partial charge in [-0.25, -0.2) is 0 Å². The molecule has 0 aliphatic carbocycles. The van der Waals surface area contributed by atoms with Gasteiger partial charge in [-0.1, -0.05) is 0 Å². The van der Waals surface area contributed by atoms with Crippen molar-refractivity contribution >= 4 is 23.6 Å². The smallest absolute Gasteiger partial charge is 0.333 e. The third-order valence-electron chi connectivity index (χ3n) is 2.62. The minimum absolute atomic E-state index is 0. The summed E-state index contributed by atoms with van der Waals surface area (Å²) in [6.45, 7) is 11.0. The van der Waals surface area contributed by atoms with Crippen LogP contribution in [0.3, 0.4) is 0 Å². The van der Waals surface area contributed by atoms with Gasteiger partial charge in [0.05, 0.1) is 11.2 Å². The molecule has 2 amide bonds. The van der Waals surface area contributed by atoms with Gasteiger partial charge in [0.2, 0.25) is 0 Å². The molecule has 2 aromatic rings. The first-order valence-corrected chi connectivity index (χ1v) is 8.38. The molecule has 2 N–H and O–H groups in total. The summed E-state index contributed by atoms with van der Waals surface area (Å²) < 4.78 is 10.1. The minimum atomic E-state index is -0.448. The number of anilines is 2. The molecule has 6 nitrogen and oxygen atoms in total. The number of carbonyl (C=O) groups is 2. The Morgan fingerprint density at radius 1 is 0.667 bits per heavy atom. The second-order valence-electron chi connectivity index (χ2n) is 7.60. The van der Waals surface area contributed by atoms with E-state index < -0.39 is 23.4 Å². The fourth-order valence-corrected chi connectivity index (χ4v) is 1.76. The van der Waals surface area contributed by atoms with Gasteiger partial charge in [-0.05, 0) is 52.9 Å². The van der Waals surface area contributed by atoms with Crippen LogP contribution in [0.5, 0.6) is 0 Å². The van der Waals surface area contributed by atoms with Gasteiger partial charge < -0.3 is 20.1 Å². The second kappa shape index (κ2) is 10.8. The average molecular weight is 416 g/mol. The molecular formula is C20H28FeN2O4-2. The zero-order valence-corrected chi connectivity index (χ0v) is 17.7. The summed E-state index contributed by atoms with van der Waals surface area (Å²) in [4.78, 5) is 22.4. The van der Waals surface area contributed by atoms with Crippen LogP contribution in [-0.4, -0.2) is 23.4 Å². The molecule has 0 saturated carbocycles.